The Morgan fingerprint density at radius 2 is 2.06 bits per heavy atom. The molecular weight excluding hydrogens is 204 g/mol. The van der Waals surface area contributed by atoms with Gasteiger partial charge in [-0.15, -0.1) is 0 Å². The second-order valence-electron chi connectivity index (χ2n) is 3.65. The van der Waals surface area contributed by atoms with E-state index in [2.05, 4.69) is 10.2 Å². The molecule has 0 unspecified atom stereocenters. The van der Waals surface area contributed by atoms with Crippen molar-refractivity contribution >= 4 is 5.97 Å². The fourth-order valence-corrected chi connectivity index (χ4v) is 1.59. The minimum absolute atomic E-state index is 0.0535. The van der Waals surface area contributed by atoms with E-state index in [9.17, 15) is 4.79 Å². The van der Waals surface area contributed by atoms with Gasteiger partial charge < -0.3 is 5.11 Å². The number of aromatic carboxylic acids is 1. The molecule has 0 aliphatic rings. The van der Waals surface area contributed by atoms with Gasteiger partial charge in [0, 0.05) is 11.6 Å². The van der Waals surface area contributed by atoms with Crippen LogP contribution in [0.5, 0.6) is 0 Å². The number of nitrogens with zero attached hydrogens (tertiary/aromatic N) is 1. The lowest BCUT2D eigenvalue weighted by molar-refractivity contribution is 0.0690. The van der Waals surface area contributed by atoms with Gasteiger partial charge in [-0.05, 0) is 11.6 Å². The molecule has 1 aromatic heterocycles. The predicted molar refractivity (Wildman–Crippen MR) is 59.5 cm³/mol. The lowest BCUT2D eigenvalue weighted by Gasteiger charge is -2.08. The van der Waals surface area contributed by atoms with Gasteiger partial charge in [0.05, 0.1) is 0 Å². The van der Waals surface area contributed by atoms with Crippen LogP contribution in [0.2, 0.25) is 0 Å². The average molecular weight is 216 g/mol. The third-order valence-corrected chi connectivity index (χ3v) is 2.58. The van der Waals surface area contributed by atoms with E-state index in [1.54, 1.807) is 6.07 Å². The van der Waals surface area contributed by atoms with Crippen molar-refractivity contribution in [1.82, 2.24) is 10.2 Å². The van der Waals surface area contributed by atoms with E-state index in [-0.39, 0.29) is 11.6 Å². The molecule has 1 heterocycles. The Hall–Kier alpha value is -2.10. The quantitative estimate of drug-likeness (QED) is 0.827. The number of nitrogens with one attached hydrogen (secondary N) is 1. The molecule has 0 bridgehead atoms. The Morgan fingerprint density at radius 1 is 1.38 bits per heavy atom. The fourth-order valence-electron chi connectivity index (χ4n) is 1.59. The first kappa shape index (κ1) is 10.4. The van der Waals surface area contributed by atoms with Crippen LogP contribution in [0.4, 0.5) is 0 Å². The zero-order chi connectivity index (χ0) is 11.5. The molecule has 0 saturated heterocycles. The smallest absolute Gasteiger partial charge is 0.356 e. The number of H-pyrrole nitrogens is 1. The summed E-state index contributed by atoms with van der Waals surface area (Å²) >= 11 is 0. The van der Waals surface area contributed by atoms with Crippen LogP contribution in [0.25, 0.3) is 0 Å². The molecule has 1 atom stereocenters. The molecule has 16 heavy (non-hydrogen) atoms. The molecule has 2 N–H and O–H groups in total. The van der Waals surface area contributed by atoms with Gasteiger partial charge in [-0.1, -0.05) is 37.3 Å². The van der Waals surface area contributed by atoms with E-state index < -0.39 is 5.97 Å². The van der Waals surface area contributed by atoms with Crippen LogP contribution in [0.1, 0.15) is 34.6 Å². The van der Waals surface area contributed by atoms with Gasteiger partial charge in [-0.3, -0.25) is 5.10 Å². The van der Waals surface area contributed by atoms with E-state index in [1.165, 1.54) is 0 Å². The topological polar surface area (TPSA) is 66.0 Å². The Kier molecular flexibility index (Phi) is 2.72. The maximum atomic E-state index is 10.7. The normalized spacial score (nSPS) is 12.3. The van der Waals surface area contributed by atoms with Crippen molar-refractivity contribution in [2.45, 2.75) is 12.8 Å². The number of carboxylic acids is 1. The fraction of sp³-hybridized carbons (Fsp3) is 0.167. The average Bonchev–Trinajstić information content (AvgIpc) is 2.78. The molecule has 82 valence electrons. The summed E-state index contributed by atoms with van der Waals surface area (Å²) in [6.45, 7) is 2.01. The summed E-state index contributed by atoms with van der Waals surface area (Å²) in [4.78, 5) is 10.7. The minimum atomic E-state index is -1.01. The maximum Gasteiger partial charge on any atom is 0.356 e. The molecule has 0 radical (unpaired) electrons. The summed E-state index contributed by atoms with van der Waals surface area (Å²) in [7, 11) is 0. The molecule has 0 saturated carbocycles. The van der Waals surface area contributed by atoms with Crippen LogP contribution in [0.15, 0.2) is 36.4 Å². The second kappa shape index (κ2) is 4.18. The highest BCUT2D eigenvalue weighted by atomic mass is 16.4. The van der Waals surface area contributed by atoms with Gasteiger partial charge >= 0.3 is 5.97 Å². The van der Waals surface area contributed by atoms with Gasteiger partial charge in [-0.2, -0.15) is 5.10 Å². The van der Waals surface area contributed by atoms with Crippen LogP contribution in [-0.4, -0.2) is 21.3 Å². The molecule has 0 fully saturated rings. The van der Waals surface area contributed by atoms with Crippen molar-refractivity contribution in [3.05, 3.63) is 53.3 Å². The summed E-state index contributed by atoms with van der Waals surface area (Å²) in [5, 5.41) is 15.3. The van der Waals surface area contributed by atoms with Crippen molar-refractivity contribution in [3.8, 4) is 0 Å². The van der Waals surface area contributed by atoms with E-state index in [0.717, 1.165) is 11.3 Å². The molecule has 2 aromatic rings. The van der Waals surface area contributed by atoms with Crippen molar-refractivity contribution in [2.24, 2.45) is 0 Å². The van der Waals surface area contributed by atoms with Crippen LogP contribution in [0, 0.1) is 0 Å². The van der Waals surface area contributed by atoms with Crippen LogP contribution < -0.4 is 0 Å². The van der Waals surface area contributed by atoms with E-state index >= 15 is 0 Å². The molecule has 4 heteroatoms. The van der Waals surface area contributed by atoms with Crippen molar-refractivity contribution in [1.29, 1.82) is 0 Å². The number of benzene rings is 1. The summed E-state index contributed by atoms with van der Waals surface area (Å²) in [5.74, 6) is -0.899. The molecular formula is C12H12N2O2. The standard InChI is InChI=1S/C12H12N2O2/c1-8(9-5-3-2-4-6-9)10-7-11(12(15)16)14-13-10/h2-8H,1H3,(H,13,14)(H,15,16)/t8-/m0/s1. The summed E-state index contributed by atoms with van der Waals surface area (Å²) < 4.78 is 0. The van der Waals surface area contributed by atoms with Gasteiger partial charge in [0.25, 0.3) is 0 Å². The molecule has 0 spiro atoms. The Bertz CT molecular complexity index is 491. The van der Waals surface area contributed by atoms with Gasteiger partial charge in [0.1, 0.15) is 0 Å². The number of rotatable bonds is 3. The number of hydrogen-bond acceptors (Lipinski definition) is 2. The highest BCUT2D eigenvalue weighted by Gasteiger charge is 2.14. The monoisotopic (exact) mass is 216 g/mol. The number of aromatic amines is 1. The second-order valence-corrected chi connectivity index (χ2v) is 3.65. The highest BCUT2D eigenvalue weighted by Crippen LogP contribution is 2.22. The summed E-state index contributed by atoms with van der Waals surface area (Å²) in [6.07, 6.45) is 0. The zero-order valence-corrected chi connectivity index (χ0v) is 8.84. The Balaban J connectivity index is 2.27. The number of hydrogen-bond donors (Lipinski definition) is 2. The van der Waals surface area contributed by atoms with Crippen molar-refractivity contribution < 1.29 is 9.90 Å². The molecule has 4 nitrogen and oxygen atoms in total. The summed E-state index contributed by atoms with van der Waals surface area (Å²) in [5.41, 5.74) is 1.99. The number of carboxylic acid groups (broad SMARTS) is 1. The van der Waals surface area contributed by atoms with Gasteiger partial charge in [0.15, 0.2) is 5.69 Å². The Labute approximate surface area is 92.9 Å². The van der Waals surface area contributed by atoms with Crippen LogP contribution in [0.3, 0.4) is 0 Å². The van der Waals surface area contributed by atoms with Crippen molar-refractivity contribution in [2.75, 3.05) is 0 Å². The molecule has 0 aliphatic carbocycles. The van der Waals surface area contributed by atoms with Crippen LogP contribution >= 0.6 is 0 Å². The molecule has 0 amide bonds. The van der Waals surface area contributed by atoms with E-state index in [0.29, 0.717) is 0 Å². The lowest BCUT2D eigenvalue weighted by Crippen LogP contribution is -1.96. The van der Waals surface area contributed by atoms with Gasteiger partial charge in [0.2, 0.25) is 0 Å². The third kappa shape index (κ3) is 1.95. The SMILES string of the molecule is C[C@@H](c1ccccc1)c1cc(C(=O)O)n[nH]1. The molecule has 2 rings (SSSR count). The lowest BCUT2D eigenvalue weighted by atomic mass is 9.98. The minimum Gasteiger partial charge on any atom is -0.476 e. The third-order valence-electron chi connectivity index (χ3n) is 2.58. The number of aromatic nitrogens is 2. The first-order valence-electron chi connectivity index (χ1n) is 5.02. The molecule has 1 aromatic carbocycles. The predicted octanol–water partition coefficient (Wildman–Crippen LogP) is 2.26. The molecule has 0 aliphatic heterocycles. The first-order chi connectivity index (χ1) is 7.68. The number of carbonyl (C=O) groups is 1. The Morgan fingerprint density at radius 3 is 2.62 bits per heavy atom. The largest absolute Gasteiger partial charge is 0.476 e. The van der Waals surface area contributed by atoms with Gasteiger partial charge in [-0.25, -0.2) is 4.79 Å². The maximum absolute atomic E-state index is 10.7. The highest BCUT2D eigenvalue weighted by molar-refractivity contribution is 5.85. The zero-order valence-electron chi connectivity index (χ0n) is 8.84. The van der Waals surface area contributed by atoms with Crippen LogP contribution in [-0.2, 0) is 0 Å². The summed E-state index contributed by atoms with van der Waals surface area (Å²) in [6, 6.07) is 11.4. The van der Waals surface area contributed by atoms with Crippen molar-refractivity contribution in [3.63, 3.8) is 0 Å². The van der Waals surface area contributed by atoms with E-state index in [1.807, 2.05) is 37.3 Å². The van der Waals surface area contributed by atoms with E-state index in [4.69, 9.17) is 5.11 Å². The first-order valence-corrected chi connectivity index (χ1v) is 5.02.